The van der Waals surface area contributed by atoms with Crippen molar-refractivity contribution in [1.82, 2.24) is 15.0 Å². The number of halogens is 1. The fourth-order valence-electron chi connectivity index (χ4n) is 1.69. The molecule has 104 valence electrons. The van der Waals surface area contributed by atoms with E-state index in [1.54, 1.807) is 25.8 Å². The second-order valence-electron chi connectivity index (χ2n) is 4.04. The number of nitrogen functional groups attached to an aromatic ring is 1. The van der Waals surface area contributed by atoms with Crippen LogP contribution in [0.4, 0.5) is 5.13 Å². The number of hydrogen-bond acceptors (Lipinski definition) is 6. The average Bonchev–Trinajstić information content (AvgIpc) is 2.85. The molecule has 1 amide bonds. The molecule has 0 aromatic carbocycles. The Bertz CT molecular complexity index is 562. The number of nitrogens with two attached hydrogens (primary N) is 1. The van der Waals surface area contributed by atoms with E-state index in [-0.39, 0.29) is 18.3 Å². The van der Waals surface area contributed by atoms with Crippen LogP contribution >= 0.6 is 23.7 Å². The molecule has 2 aromatic rings. The standard InChI is InChI=1S/C11H14N4O2S.ClH/c1-6-9(7(2)17-14-6)10(16)15(3)4-8-5-18-11(12)13-8;/h5H,4H2,1-3H3,(H2,12,13);1H. The Morgan fingerprint density at radius 3 is 2.68 bits per heavy atom. The number of aryl methyl sites for hydroxylation is 2. The number of carbonyl (C=O) groups is 1. The third-order valence-electron chi connectivity index (χ3n) is 2.56. The quantitative estimate of drug-likeness (QED) is 0.937. The highest BCUT2D eigenvalue weighted by Gasteiger charge is 2.21. The highest BCUT2D eigenvalue weighted by Crippen LogP contribution is 2.17. The molecule has 2 aromatic heterocycles. The maximum atomic E-state index is 12.2. The molecule has 0 radical (unpaired) electrons. The van der Waals surface area contributed by atoms with Gasteiger partial charge >= 0.3 is 0 Å². The van der Waals surface area contributed by atoms with Crippen molar-refractivity contribution in [1.29, 1.82) is 0 Å². The van der Waals surface area contributed by atoms with Gasteiger partial charge in [0.1, 0.15) is 11.3 Å². The van der Waals surface area contributed by atoms with Crippen LogP contribution in [0, 0.1) is 13.8 Å². The third kappa shape index (κ3) is 3.24. The molecule has 2 heterocycles. The van der Waals surface area contributed by atoms with Gasteiger partial charge in [0.15, 0.2) is 5.13 Å². The SMILES string of the molecule is Cc1noc(C)c1C(=O)N(C)Cc1csc(N)n1.Cl. The molecular formula is C11H15ClN4O2S. The van der Waals surface area contributed by atoms with E-state index in [2.05, 4.69) is 10.1 Å². The second kappa shape index (κ2) is 6.03. The molecule has 0 aliphatic heterocycles. The molecule has 8 heteroatoms. The summed E-state index contributed by atoms with van der Waals surface area (Å²) in [4.78, 5) is 17.9. The predicted molar refractivity (Wildman–Crippen MR) is 75.5 cm³/mol. The number of amides is 1. The van der Waals surface area contributed by atoms with Crippen molar-refractivity contribution in [2.24, 2.45) is 0 Å². The summed E-state index contributed by atoms with van der Waals surface area (Å²) in [6, 6.07) is 0. The minimum absolute atomic E-state index is 0. The molecule has 0 atom stereocenters. The molecule has 0 saturated heterocycles. The van der Waals surface area contributed by atoms with Crippen LogP contribution in [0.2, 0.25) is 0 Å². The van der Waals surface area contributed by atoms with Crippen molar-refractivity contribution in [3.8, 4) is 0 Å². The van der Waals surface area contributed by atoms with Gasteiger partial charge in [-0.15, -0.1) is 23.7 Å². The van der Waals surface area contributed by atoms with Crippen LogP contribution in [0.25, 0.3) is 0 Å². The van der Waals surface area contributed by atoms with Crippen molar-refractivity contribution in [3.05, 3.63) is 28.1 Å². The highest BCUT2D eigenvalue weighted by atomic mass is 35.5. The summed E-state index contributed by atoms with van der Waals surface area (Å²) >= 11 is 1.36. The zero-order valence-corrected chi connectivity index (χ0v) is 12.5. The normalized spacial score (nSPS) is 10.1. The van der Waals surface area contributed by atoms with Crippen molar-refractivity contribution >= 4 is 34.8 Å². The van der Waals surface area contributed by atoms with Gasteiger partial charge in [-0.1, -0.05) is 5.16 Å². The zero-order valence-electron chi connectivity index (χ0n) is 10.8. The maximum Gasteiger partial charge on any atom is 0.259 e. The number of thiazole rings is 1. The molecule has 2 rings (SSSR count). The summed E-state index contributed by atoms with van der Waals surface area (Å²) in [6.07, 6.45) is 0. The molecule has 0 aliphatic rings. The van der Waals surface area contributed by atoms with E-state index in [9.17, 15) is 4.79 Å². The minimum atomic E-state index is -0.127. The maximum absolute atomic E-state index is 12.2. The molecule has 0 saturated carbocycles. The summed E-state index contributed by atoms with van der Waals surface area (Å²) < 4.78 is 4.99. The molecule has 0 spiro atoms. The molecule has 6 nitrogen and oxygen atoms in total. The molecule has 0 aliphatic carbocycles. The van der Waals surface area contributed by atoms with E-state index in [1.165, 1.54) is 11.3 Å². The van der Waals surface area contributed by atoms with E-state index in [0.717, 1.165) is 5.69 Å². The number of hydrogen-bond donors (Lipinski definition) is 1. The van der Waals surface area contributed by atoms with Gasteiger partial charge in [0.2, 0.25) is 0 Å². The lowest BCUT2D eigenvalue weighted by Crippen LogP contribution is -2.27. The Labute approximate surface area is 121 Å². The first-order chi connectivity index (χ1) is 8.49. The zero-order chi connectivity index (χ0) is 13.3. The van der Waals surface area contributed by atoms with Gasteiger partial charge in [-0.05, 0) is 13.8 Å². The highest BCUT2D eigenvalue weighted by molar-refractivity contribution is 7.13. The Kier molecular flexibility index (Phi) is 4.90. The van der Waals surface area contributed by atoms with Gasteiger partial charge < -0.3 is 15.2 Å². The first-order valence-electron chi connectivity index (χ1n) is 5.37. The minimum Gasteiger partial charge on any atom is -0.375 e. The van der Waals surface area contributed by atoms with Crippen LogP contribution in [0.15, 0.2) is 9.90 Å². The summed E-state index contributed by atoms with van der Waals surface area (Å²) in [7, 11) is 1.71. The predicted octanol–water partition coefficient (Wildman–Crippen LogP) is 2.02. The van der Waals surface area contributed by atoms with Crippen LogP contribution < -0.4 is 5.73 Å². The Morgan fingerprint density at radius 1 is 1.53 bits per heavy atom. The Hall–Kier alpha value is -1.60. The van der Waals surface area contributed by atoms with E-state index in [0.29, 0.717) is 28.7 Å². The van der Waals surface area contributed by atoms with E-state index in [1.807, 2.05) is 5.38 Å². The van der Waals surface area contributed by atoms with Crippen LogP contribution in [0.3, 0.4) is 0 Å². The summed E-state index contributed by atoms with van der Waals surface area (Å²) in [5, 5.41) is 6.12. The average molecular weight is 303 g/mol. The van der Waals surface area contributed by atoms with Crippen LogP contribution in [0.5, 0.6) is 0 Å². The lowest BCUT2D eigenvalue weighted by atomic mass is 10.2. The van der Waals surface area contributed by atoms with Crippen LogP contribution in [-0.4, -0.2) is 28.0 Å². The van der Waals surface area contributed by atoms with Crippen molar-refractivity contribution in [3.63, 3.8) is 0 Å². The van der Waals surface area contributed by atoms with Gasteiger partial charge in [-0.25, -0.2) is 4.98 Å². The number of carbonyl (C=O) groups excluding carboxylic acids is 1. The van der Waals surface area contributed by atoms with Crippen LogP contribution in [0.1, 0.15) is 27.5 Å². The molecule has 0 fully saturated rings. The van der Waals surface area contributed by atoms with Gasteiger partial charge in [-0.3, -0.25) is 4.79 Å². The topological polar surface area (TPSA) is 85.2 Å². The van der Waals surface area contributed by atoms with Crippen molar-refractivity contribution in [2.75, 3.05) is 12.8 Å². The first kappa shape index (κ1) is 15.5. The molecule has 2 N–H and O–H groups in total. The van der Waals surface area contributed by atoms with Gasteiger partial charge in [0.05, 0.1) is 17.9 Å². The van der Waals surface area contributed by atoms with Crippen molar-refractivity contribution < 1.29 is 9.32 Å². The van der Waals surface area contributed by atoms with Gasteiger partial charge in [0.25, 0.3) is 5.91 Å². The second-order valence-corrected chi connectivity index (χ2v) is 4.93. The summed E-state index contributed by atoms with van der Waals surface area (Å²) in [6.45, 7) is 3.89. The third-order valence-corrected chi connectivity index (χ3v) is 3.29. The number of aromatic nitrogens is 2. The largest absolute Gasteiger partial charge is 0.375 e. The van der Waals surface area contributed by atoms with E-state index in [4.69, 9.17) is 10.3 Å². The summed E-state index contributed by atoms with van der Waals surface area (Å²) in [5.41, 5.74) is 7.44. The van der Waals surface area contributed by atoms with Crippen LogP contribution in [-0.2, 0) is 6.54 Å². The fraction of sp³-hybridized carbons (Fsp3) is 0.364. The van der Waals surface area contributed by atoms with E-state index < -0.39 is 0 Å². The number of nitrogens with zero attached hydrogens (tertiary/aromatic N) is 3. The smallest absolute Gasteiger partial charge is 0.259 e. The lowest BCUT2D eigenvalue weighted by Gasteiger charge is -2.15. The summed E-state index contributed by atoms with van der Waals surface area (Å²) in [5.74, 6) is 0.403. The number of anilines is 1. The van der Waals surface area contributed by atoms with Gasteiger partial charge in [-0.2, -0.15) is 0 Å². The first-order valence-corrected chi connectivity index (χ1v) is 6.25. The lowest BCUT2D eigenvalue weighted by molar-refractivity contribution is 0.0781. The Balaban J connectivity index is 0.00000180. The molecular weight excluding hydrogens is 288 g/mol. The Morgan fingerprint density at radius 2 is 2.21 bits per heavy atom. The van der Waals surface area contributed by atoms with Crippen molar-refractivity contribution in [2.45, 2.75) is 20.4 Å². The monoisotopic (exact) mass is 302 g/mol. The van der Waals surface area contributed by atoms with E-state index >= 15 is 0 Å². The molecule has 19 heavy (non-hydrogen) atoms. The number of rotatable bonds is 3. The molecule has 0 bridgehead atoms. The fourth-order valence-corrected chi connectivity index (χ4v) is 2.24. The molecule has 0 unspecified atom stereocenters. The van der Waals surface area contributed by atoms with Gasteiger partial charge in [0, 0.05) is 12.4 Å².